The number of Topliss-reactive ketones (excluding diaryl/α,β-unsaturated/α-hetero) is 1. The largest absolute Gasteiger partial charge is 0.491 e. The Balaban J connectivity index is 0.000000509. The van der Waals surface area contributed by atoms with Gasteiger partial charge < -0.3 is 14.8 Å². The van der Waals surface area contributed by atoms with Crippen molar-refractivity contribution in [2.24, 2.45) is 5.92 Å². The van der Waals surface area contributed by atoms with Crippen LogP contribution in [0, 0.1) is 19.8 Å². The molecule has 4 nitrogen and oxygen atoms in total. The minimum absolute atomic E-state index is 0.0863. The minimum Gasteiger partial charge on any atom is -0.491 e. The molecule has 2 saturated heterocycles. The fraction of sp³-hybridized carbons (Fsp3) is 0.600. The molecule has 228 valence electrons. The number of aryl methyl sites for hydroxylation is 3. The van der Waals surface area contributed by atoms with E-state index in [1.807, 2.05) is 52.0 Å². The predicted molar refractivity (Wildman–Crippen MR) is 179 cm³/mol. The van der Waals surface area contributed by atoms with E-state index in [9.17, 15) is 9.59 Å². The Bertz CT molecular complexity index is 997. The lowest BCUT2D eigenvalue weighted by Crippen LogP contribution is -2.55. The van der Waals surface area contributed by atoms with Crippen LogP contribution in [0.2, 0.25) is 0 Å². The fourth-order valence-corrected chi connectivity index (χ4v) is 8.46. The summed E-state index contributed by atoms with van der Waals surface area (Å²) in [6, 6.07) is 14.0. The number of rotatable bonds is 6. The molecule has 5 heteroatoms. The highest BCUT2D eigenvalue weighted by Gasteiger charge is 2.53. The standard InChI is InChI=1S/C12H18O.C9H10O.C7H15NS.C4H10.C3H6O/c1-4-6-11-7-5-8-12(9-11)13-10(2)3;1-7-3-4-9(6-10)5-8(7)2;1-7(8-2)5-9(6-7)3-4-9;1-4(2)3;1-3(2)4/h5,7-10H,4,6H2,1-3H3;3-6H,1-2H3;8H,3-6H2,1-2H3;4H,1-3H3;1-2H3. The van der Waals surface area contributed by atoms with Crippen LogP contribution in [-0.2, 0) is 11.2 Å². The average molecular weight is 574 g/mol. The molecule has 0 saturated carbocycles. The first-order chi connectivity index (χ1) is 18.6. The Morgan fingerprint density at radius 2 is 1.55 bits per heavy atom. The summed E-state index contributed by atoms with van der Waals surface area (Å²) in [7, 11) is 2.18. The van der Waals surface area contributed by atoms with Crippen LogP contribution in [0.4, 0.5) is 0 Å². The average Bonchev–Trinajstić information content (AvgIpc) is 3.61. The maximum absolute atomic E-state index is 10.3. The zero-order valence-corrected chi connectivity index (χ0v) is 28.5. The summed E-state index contributed by atoms with van der Waals surface area (Å²) in [5.74, 6) is 8.18. The van der Waals surface area contributed by atoms with Gasteiger partial charge in [0.1, 0.15) is 17.8 Å². The summed E-state index contributed by atoms with van der Waals surface area (Å²) in [6.45, 7) is 22.2. The van der Waals surface area contributed by atoms with Crippen molar-refractivity contribution in [2.45, 2.75) is 101 Å². The third-order valence-corrected chi connectivity index (χ3v) is 10.2. The molecule has 0 unspecified atom stereocenters. The number of hydrogen-bond acceptors (Lipinski definition) is 4. The van der Waals surface area contributed by atoms with Gasteiger partial charge in [-0.2, -0.15) is 0 Å². The van der Waals surface area contributed by atoms with Crippen LogP contribution in [0.1, 0.15) is 95.8 Å². The normalized spacial score (nSPS) is 15.8. The van der Waals surface area contributed by atoms with Gasteiger partial charge in [-0.25, -0.2) is 10.0 Å². The van der Waals surface area contributed by atoms with Crippen molar-refractivity contribution < 1.29 is 14.3 Å². The molecule has 0 amide bonds. The van der Waals surface area contributed by atoms with Crippen molar-refractivity contribution in [2.75, 3.05) is 30.1 Å². The first-order valence-electron chi connectivity index (χ1n) is 14.8. The van der Waals surface area contributed by atoms with Crippen molar-refractivity contribution in [3.8, 4) is 5.75 Å². The van der Waals surface area contributed by atoms with Gasteiger partial charge >= 0.3 is 0 Å². The third kappa shape index (κ3) is 17.6. The quantitative estimate of drug-likeness (QED) is 0.278. The molecule has 4 rings (SSSR count). The monoisotopic (exact) mass is 573 g/mol. The van der Waals surface area contributed by atoms with E-state index >= 15 is 0 Å². The topological polar surface area (TPSA) is 55.4 Å². The van der Waals surface area contributed by atoms with Crippen LogP contribution >= 0.6 is 10.0 Å². The van der Waals surface area contributed by atoms with E-state index in [0.717, 1.165) is 29.9 Å². The van der Waals surface area contributed by atoms with E-state index in [1.165, 1.54) is 48.5 Å². The van der Waals surface area contributed by atoms with Gasteiger partial charge in [-0.05, 0) is 126 Å². The lowest BCUT2D eigenvalue weighted by atomic mass is 10.1. The first kappa shape index (κ1) is 37.9. The van der Waals surface area contributed by atoms with Gasteiger partial charge in [0.15, 0.2) is 0 Å². The summed E-state index contributed by atoms with van der Waals surface area (Å²) in [5.41, 5.74) is 5.06. The predicted octanol–water partition coefficient (Wildman–Crippen LogP) is 8.60. The van der Waals surface area contributed by atoms with Crippen LogP contribution in [-0.4, -0.2) is 53.8 Å². The van der Waals surface area contributed by atoms with Crippen molar-refractivity contribution in [3.05, 3.63) is 64.7 Å². The van der Waals surface area contributed by atoms with Gasteiger partial charge in [0.05, 0.1) is 6.10 Å². The van der Waals surface area contributed by atoms with Crippen LogP contribution < -0.4 is 10.1 Å². The van der Waals surface area contributed by atoms with Gasteiger partial charge in [0, 0.05) is 11.1 Å². The summed E-state index contributed by atoms with van der Waals surface area (Å²) in [6.07, 6.45) is 3.45. The maximum Gasteiger partial charge on any atom is 0.150 e. The number of carbonyl (C=O) groups is 2. The third-order valence-electron chi connectivity index (χ3n) is 6.11. The number of benzene rings is 2. The molecule has 0 radical (unpaired) electrons. The smallest absolute Gasteiger partial charge is 0.150 e. The number of ketones is 1. The van der Waals surface area contributed by atoms with Crippen molar-refractivity contribution in [1.29, 1.82) is 0 Å². The van der Waals surface area contributed by atoms with Crippen LogP contribution in [0.15, 0.2) is 42.5 Å². The Morgan fingerprint density at radius 1 is 1.00 bits per heavy atom. The second-order valence-electron chi connectivity index (χ2n) is 12.4. The Kier molecular flexibility index (Phi) is 18.1. The number of carbonyl (C=O) groups excluding carboxylic acids is 2. The first-order valence-corrected chi connectivity index (χ1v) is 17.1. The van der Waals surface area contributed by atoms with Crippen LogP contribution in [0.25, 0.3) is 0 Å². The highest BCUT2D eigenvalue weighted by molar-refractivity contribution is 8.40. The Labute approximate surface area is 248 Å². The SMILES string of the molecule is CC(C)=O.CC(C)C.CCCc1cccc(OC(C)C)c1.CNC1(C)CS2(CC2)C1.Cc1ccc(C=O)cc1C. The van der Waals surface area contributed by atoms with Gasteiger partial charge in [-0.15, -0.1) is 0 Å². The molecule has 2 aliphatic heterocycles. The van der Waals surface area contributed by atoms with Crippen molar-refractivity contribution in [3.63, 3.8) is 0 Å². The molecule has 40 heavy (non-hydrogen) atoms. The lowest BCUT2D eigenvalue weighted by molar-refractivity contribution is -0.115. The summed E-state index contributed by atoms with van der Waals surface area (Å²) in [5, 5.41) is 3.39. The fourth-order valence-electron chi connectivity index (χ4n) is 4.03. The van der Waals surface area contributed by atoms with Gasteiger partial charge in [0.2, 0.25) is 0 Å². The van der Waals surface area contributed by atoms with Gasteiger partial charge in [-0.1, -0.05) is 58.4 Å². The molecule has 2 aromatic rings. The number of nitrogens with one attached hydrogen (secondary N) is 1. The Hall–Kier alpha value is -2.11. The molecule has 1 N–H and O–H groups in total. The second-order valence-corrected chi connectivity index (χ2v) is 16.2. The van der Waals surface area contributed by atoms with Gasteiger partial charge in [0.25, 0.3) is 0 Å². The molecule has 2 heterocycles. The minimum atomic E-state index is 0.0863. The number of aldehydes is 1. The molecule has 0 aliphatic carbocycles. The molecule has 2 fully saturated rings. The zero-order valence-electron chi connectivity index (χ0n) is 27.6. The summed E-state index contributed by atoms with van der Waals surface area (Å²) >= 11 is 0. The highest BCUT2D eigenvalue weighted by atomic mass is 32.3. The molecule has 0 atom stereocenters. The Morgan fingerprint density at radius 3 is 1.95 bits per heavy atom. The van der Waals surface area contributed by atoms with E-state index in [2.05, 4.69) is 65.2 Å². The molecule has 2 aromatic carbocycles. The highest BCUT2D eigenvalue weighted by Crippen LogP contribution is 2.71. The molecule has 2 aliphatic rings. The molecule has 0 aromatic heterocycles. The van der Waals surface area contributed by atoms with E-state index in [0.29, 0.717) is 5.54 Å². The van der Waals surface area contributed by atoms with Gasteiger partial charge in [-0.3, -0.25) is 4.79 Å². The number of hydrogen-bond donors (Lipinski definition) is 1. The van der Waals surface area contributed by atoms with Crippen molar-refractivity contribution >= 4 is 22.1 Å². The summed E-state index contributed by atoms with van der Waals surface area (Å²) in [4.78, 5) is 19.7. The van der Waals surface area contributed by atoms with E-state index in [-0.39, 0.29) is 21.9 Å². The summed E-state index contributed by atoms with van der Waals surface area (Å²) < 4.78 is 5.60. The van der Waals surface area contributed by atoms with Crippen LogP contribution in [0.5, 0.6) is 5.75 Å². The van der Waals surface area contributed by atoms with E-state index in [1.54, 1.807) is 11.5 Å². The lowest BCUT2D eigenvalue weighted by Gasteiger charge is -2.49. The van der Waals surface area contributed by atoms with Crippen molar-refractivity contribution in [1.82, 2.24) is 5.32 Å². The second kappa shape index (κ2) is 19.1. The van der Waals surface area contributed by atoms with Crippen LogP contribution in [0.3, 0.4) is 0 Å². The number of ether oxygens (including phenoxy) is 1. The molecular weight excluding hydrogens is 514 g/mol. The molecule has 1 spiro atoms. The maximum atomic E-state index is 10.3. The zero-order chi connectivity index (χ0) is 30.9. The molecular formula is C35H59NO3S. The van der Waals surface area contributed by atoms with E-state index in [4.69, 9.17) is 4.74 Å². The van der Waals surface area contributed by atoms with E-state index < -0.39 is 0 Å². The molecule has 0 bridgehead atoms.